The summed E-state index contributed by atoms with van der Waals surface area (Å²) < 4.78 is 0. The van der Waals surface area contributed by atoms with E-state index in [1.165, 1.54) is 11.3 Å². The van der Waals surface area contributed by atoms with Gasteiger partial charge in [-0.05, 0) is 50.6 Å². The summed E-state index contributed by atoms with van der Waals surface area (Å²) in [4.78, 5) is 17.0. The minimum Gasteiger partial charge on any atom is -0.366 e. The lowest BCUT2D eigenvalue weighted by atomic mass is 10.1. The number of nitrogens with zero attached hydrogens (tertiary/aromatic N) is 2. The highest BCUT2D eigenvalue weighted by atomic mass is 16.2. The van der Waals surface area contributed by atoms with Crippen LogP contribution in [0.3, 0.4) is 0 Å². The maximum absolute atomic E-state index is 12.3. The van der Waals surface area contributed by atoms with Crippen LogP contribution in [-0.4, -0.2) is 43.0 Å². The van der Waals surface area contributed by atoms with Crippen LogP contribution in [0.4, 0.5) is 11.4 Å². The lowest BCUT2D eigenvalue weighted by Crippen LogP contribution is -2.53. The molecule has 0 aliphatic carbocycles. The molecule has 3 rings (SSSR count). The average molecular weight is 337 g/mol. The number of anilines is 2. The number of hydrogen-bond donors (Lipinski definition) is 1. The monoisotopic (exact) mass is 337 g/mol. The van der Waals surface area contributed by atoms with Crippen LogP contribution in [0.5, 0.6) is 0 Å². The Morgan fingerprint density at radius 1 is 1.08 bits per heavy atom. The Bertz CT molecular complexity index is 726. The molecule has 0 spiro atoms. The van der Waals surface area contributed by atoms with Crippen molar-refractivity contribution < 1.29 is 4.79 Å². The highest BCUT2D eigenvalue weighted by molar-refractivity contribution is 5.92. The normalized spacial score (nSPS) is 18.2. The van der Waals surface area contributed by atoms with E-state index in [4.69, 9.17) is 0 Å². The van der Waals surface area contributed by atoms with Gasteiger partial charge >= 0.3 is 0 Å². The van der Waals surface area contributed by atoms with Crippen LogP contribution in [-0.2, 0) is 4.79 Å². The molecule has 0 radical (unpaired) electrons. The first-order valence-corrected chi connectivity index (χ1v) is 8.93. The van der Waals surface area contributed by atoms with Crippen LogP contribution >= 0.6 is 0 Å². The van der Waals surface area contributed by atoms with E-state index < -0.39 is 0 Å². The predicted molar refractivity (Wildman–Crippen MR) is 104 cm³/mol. The van der Waals surface area contributed by atoms with Crippen LogP contribution in [0.15, 0.2) is 48.5 Å². The number of carbonyl (C=O) groups excluding carboxylic acids is 1. The molecule has 1 saturated heterocycles. The first kappa shape index (κ1) is 17.5. The Morgan fingerprint density at radius 2 is 1.84 bits per heavy atom. The highest BCUT2D eigenvalue weighted by Gasteiger charge is 2.25. The maximum atomic E-state index is 12.3. The van der Waals surface area contributed by atoms with Gasteiger partial charge in [0.15, 0.2) is 0 Å². The molecule has 4 nitrogen and oxygen atoms in total. The number of hydrogen-bond acceptors (Lipinski definition) is 3. The molecule has 0 saturated carbocycles. The molecular weight excluding hydrogens is 310 g/mol. The average Bonchev–Trinajstić information content (AvgIpc) is 2.56. The van der Waals surface area contributed by atoms with Crippen molar-refractivity contribution >= 4 is 17.3 Å². The fraction of sp³-hybridized carbons (Fsp3) is 0.381. The zero-order valence-electron chi connectivity index (χ0n) is 15.3. The van der Waals surface area contributed by atoms with E-state index in [1.54, 1.807) is 0 Å². The zero-order chi connectivity index (χ0) is 17.8. The number of carbonyl (C=O) groups is 1. The molecule has 1 atom stereocenters. The maximum Gasteiger partial charge on any atom is 0.238 e. The molecule has 1 aliphatic rings. The number of rotatable bonds is 4. The van der Waals surface area contributed by atoms with Crippen LogP contribution in [0, 0.1) is 13.8 Å². The molecule has 0 aromatic heterocycles. The molecule has 4 heteroatoms. The molecular formula is C21H27N3O. The number of aryl methyl sites for hydroxylation is 2. The van der Waals surface area contributed by atoms with E-state index in [1.807, 2.05) is 31.2 Å². The van der Waals surface area contributed by atoms with Gasteiger partial charge in [0.2, 0.25) is 5.91 Å². The Labute approximate surface area is 150 Å². The van der Waals surface area contributed by atoms with Crippen molar-refractivity contribution in [2.24, 2.45) is 0 Å². The van der Waals surface area contributed by atoms with E-state index in [0.717, 1.165) is 30.9 Å². The van der Waals surface area contributed by atoms with Crippen LogP contribution in [0.25, 0.3) is 0 Å². The Hall–Kier alpha value is -2.33. The molecule has 25 heavy (non-hydrogen) atoms. The Balaban J connectivity index is 1.54. The molecule has 132 valence electrons. The SMILES string of the molecule is Cc1ccc(N2CCN(CC(=O)Nc3cccc(C)c3)C[C@@H]2C)cc1. The van der Waals surface area contributed by atoms with Gasteiger partial charge in [0, 0.05) is 37.1 Å². The molecule has 2 aromatic carbocycles. The standard InChI is InChI=1S/C21H27N3O/c1-16-7-9-20(10-8-16)24-12-11-23(14-18(24)3)15-21(25)22-19-6-4-5-17(2)13-19/h4-10,13,18H,11-12,14-15H2,1-3H3,(H,22,25)/t18-/m0/s1. The van der Waals surface area contributed by atoms with Crippen molar-refractivity contribution in [1.82, 2.24) is 4.90 Å². The fourth-order valence-electron chi connectivity index (χ4n) is 3.42. The molecule has 2 aromatic rings. The quantitative estimate of drug-likeness (QED) is 0.928. The van der Waals surface area contributed by atoms with Gasteiger partial charge in [0.1, 0.15) is 0 Å². The Morgan fingerprint density at radius 3 is 2.52 bits per heavy atom. The van der Waals surface area contributed by atoms with Crippen molar-refractivity contribution in [3.8, 4) is 0 Å². The van der Waals surface area contributed by atoms with Gasteiger partial charge in [0.05, 0.1) is 6.54 Å². The van der Waals surface area contributed by atoms with Crippen LogP contribution in [0.2, 0.25) is 0 Å². The summed E-state index contributed by atoms with van der Waals surface area (Å²) in [5, 5.41) is 3.00. The van der Waals surface area contributed by atoms with Gasteiger partial charge in [-0.2, -0.15) is 0 Å². The van der Waals surface area contributed by atoms with Crippen LogP contribution in [0.1, 0.15) is 18.1 Å². The summed E-state index contributed by atoms with van der Waals surface area (Å²) in [6.07, 6.45) is 0. The molecule has 1 N–H and O–H groups in total. The summed E-state index contributed by atoms with van der Waals surface area (Å²) in [5.41, 5.74) is 4.57. The van der Waals surface area contributed by atoms with E-state index in [2.05, 4.69) is 53.2 Å². The summed E-state index contributed by atoms with van der Waals surface area (Å²) >= 11 is 0. The number of piperazine rings is 1. The number of nitrogens with one attached hydrogen (secondary N) is 1. The van der Waals surface area contributed by atoms with E-state index >= 15 is 0 Å². The van der Waals surface area contributed by atoms with Crippen molar-refractivity contribution in [2.45, 2.75) is 26.8 Å². The van der Waals surface area contributed by atoms with Gasteiger partial charge in [-0.1, -0.05) is 29.8 Å². The largest absolute Gasteiger partial charge is 0.366 e. The van der Waals surface area contributed by atoms with Crippen molar-refractivity contribution in [3.05, 3.63) is 59.7 Å². The smallest absolute Gasteiger partial charge is 0.238 e. The molecule has 1 fully saturated rings. The first-order chi connectivity index (χ1) is 12.0. The van der Waals surface area contributed by atoms with Gasteiger partial charge in [-0.15, -0.1) is 0 Å². The third kappa shape index (κ3) is 4.60. The second-order valence-electron chi connectivity index (χ2n) is 7.03. The third-order valence-electron chi connectivity index (χ3n) is 4.75. The van der Waals surface area contributed by atoms with E-state index in [9.17, 15) is 4.79 Å². The predicted octanol–water partition coefficient (Wildman–Crippen LogP) is 3.45. The second-order valence-corrected chi connectivity index (χ2v) is 7.03. The topological polar surface area (TPSA) is 35.6 Å². The lowest BCUT2D eigenvalue weighted by molar-refractivity contribution is -0.117. The summed E-state index contributed by atoms with van der Waals surface area (Å²) in [5.74, 6) is 0.0570. The van der Waals surface area contributed by atoms with Gasteiger partial charge < -0.3 is 10.2 Å². The van der Waals surface area contributed by atoms with Crippen LogP contribution < -0.4 is 10.2 Å². The van der Waals surface area contributed by atoms with Gasteiger partial charge in [0.25, 0.3) is 0 Å². The lowest BCUT2D eigenvalue weighted by Gasteiger charge is -2.41. The summed E-state index contributed by atoms with van der Waals surface area (Å²) in [6, 6.07) is 17.0. The molecule has 0 bridgehead atoms. The summed E-state index contributed by atoms with van der Waals surface area (Å²) in [6.45, 7) is 9.56. The summed E-state index contributed by atoms with van der Waals surface area (Å²) in [7, 11) is 0. The minimum absolute atomic E-state index is 0.0570. The zero-order valence-corrected chi connectivity index (χ0v) is 15.3. The van der Waals surface area contributed by atoms with Crippen molar-refractivity contribution in [1.29, 1.82) is 0 Å². The number of amides is 1. The highest BCUT2D eigenvalue weighted by Crippen LogP contribution is 2.21. The first-order valence-electron chi connectivity index (χ1n) is 8.93. The minimum atomic E-state index is 0.0570. The van der Waals surface area contributed by atoms with E-state index in [0.29, 0.717) is 12.6 Å². The van der Waals surface area contributed by atoms with Crippen molar-refractivity contribution in [3.63, 3.8) is 0 Å². The molecule has 0 unspecified atom stereocenters. The van der Waals surface area contributed by atoms with Gasteiger partial charge in [-0.25, -0.2) is 0 Å². The third-order valence-corrected chi connectivity index (χ3v) is 4.75. The molecule has 1 heterocycles. The molecule has 1 amide bonds. The number of benzene rings is 2. The van der Waals surface area contributed by atoms with Crippen molar-refractivity contribution in [2.75, 3.05) is 36.4 Å². The van der Waals surface area contributed by atoms with Gasteiger partial charge in [-0.3, -0.25) is 9.69 Å². The molecule has 1 aliphatic heterocycles. The van der Waals surface area contributed by atoms with E-state index in [-0.39, 0.29) is 5.91 Å². The Kier molecular flexibility index (Phi) is 5.39. The second kappa shape index (κ2) is 7.70. The fourth-order valence-corrected chi connectivity index (χ4v) is 3.42.